The summed E-state index contributed by atoms with van der Waals surface area (Å²) in [5.41, 5.74) is 0. The molecule has 46 valence electrons. The van der Waals surface area contributed by atoms with Gasteiger partial charge < -0.3 is 0 Å². The van der Waals surface area contributed by atoms with E-state index in [1.54, 1.807) is 0 Å². The molecule has 0 nitrogen and oxygen atoms in total. The third kappa shape index (κ3) is 7.06. The van der Waals surface area contributed by atoms with E-state index in [1.807, 2.05) is 0 Å². The van der Waals surface area contributed by atoms with Gasteiger partial charge in [0.25, 0.3) is 0 Å². The number of rotatable bonds is 5. The summed E-state index contributed by atoms with van der Waals surface area (Å²) in [5, 5.41) is 0. The fourth-order valence-corrected chi connectivity index (χ4v) is 8.66. The van der Waals surface area contributed by atoms with E-state index in [1.165, 1.54) is 8.94 Å². The predicted molar refractivity (Wildman–Crippen MR) is 41.5 cm³/mol. The summed E-state index contributed by atoms with van der Waals surface area (Å²) in [6, 6.07) is 0. The first-order valence-corrected chi connectivity index (χ1v) is 13.0. The minimum absolute atomic E-state index is 0.408. The zero-order valence-electron chi connectivity index (χ0n) is 4.80. The molecular weight excluding hydrogens is 327 g/mol. The molecule has 0 aliphatic carbocycles. The van der Waals surface area contributed by atoms with Crippen LogP contribution in [0.25, 0.3) is 0 Å². The van der Waals surface area contributed by atoms with Crippen LogP contribution in [-0.2, 0) is 0 Å². The van der Waals surface area contributed by atoms with E-state index in [0.717, 1.165) is 0 Å². The molecule has 0 amide bonds. The molecule has 0 aliphatic rings. The maximum atomic E-state index is 3.69. The monoisotopic (exact) mass is 342 g/mol. The van der Waals surface area contributed by atoms with Gasteiger partial charge in [0.15, 0.2) is 0 Å². The average Bonchev–Trinajstić information content (AvgIpc) is 1.81. The van der Waals surface area contributed by atoms with E-state index in [9.17, 15) is 0 Å². The Morgan fingerprint density at radius 2 is 1.38 bits per heavy atom. The Balaban J connectivity index is 2.71. The topological polar surface area (TPSA) is 0 Å². The van der Waals surface area contributed by atoms with Gasteiger partial charge in [-0.25, -0.2) is 0 Å². The molecule has 0 fully saturated rings. The maximum absolute atomic E-state index is 3.69. The first kappa shape index (κ1) is 9.06. The molecule has 0 aromatic heterocycles. The number of allylic oxidation sites excluding steroid dienone is 2. The van der Waals surface area contributed by atoms with Gasteiger partial charge in [-0.2, -0.15) is 0 Å². The summed E-state index contributed by atoms with van der Waals surface area (Å²) in [4.78, 5) is 0. The Morgan fingerprint density at radius 3 is 1.62 bits per heavy atom. The van der Waals surface area contributed by atoms with Crippen molar-refractivity contribution in [3.63, 3.8) is 0 Å². The van der Waals surface area contributed by atoms with Crippen LogP contribution in [0.5, 0.6) is 0 Å². The van der Waals surface area contributed by atoms with Gasteiger partial charge in [-0.15, -0.1) is 0 Å². The van der Waals surface area contributed by atoms with Gasteiger partial charge in [0.2, 0.25) is 0 Å². The van der Waals surface area contributed by atoms with Gasteiger partial charge >= 0.3 is 68.4 Å². The Kier molecular flexibility index (Phi) is 9.13. The standard InChI is InChI=1S/C6H10Te2/c1-3-5-7-8-6-4-2/h3-4H,1-2,5-6H2. The predicted octanol–water partition coefficient (Wildman–Crippen LogP) is 1.52. The summed E-state index contributed by atoms with van der Waals surface area (Å²) in [6.45, 7) is 7.37. The van der Waals surface area contributed by atoms with Crippen LogP contribution in [0.1, 0.15) is 0 Å². The summed E-state index contributed by atoms with van der Waals surface area (Å²) < 4.78 is 2.67. The molecule has 0 atom stereocenters. The van der Waals surface area contributed by atoms with Crippen LogP contribution < -0.4 is 0 Å². The molecule has 0 spiro atoms. The van der Waals surface area contributed by atoms with Crippen LogP contribution in [0.15, 0.2) is 25.3 Å². The summed E-state index contributed by atoms with van der Waals surface area (Å²) in [7, 11) is 0. The molecule has 0 aromatic rings. The molecule has 0 aliphatic heterocycles. The van der Waals surface area contributed by atoms with Gasteiger partial charge in [0.05, 0.1) is 0 Å². The molecule has 0 aromatic carbocycles. The van der Waals surface area contributed by atoms with Crippen molar-refractivity contribution in [2.24, 2.45) is 0 Å². The van der Waals surface area contributed by atoms with E-state index < -0.39 is 0 Å². The van der Waals surface area contributed by atoms with E-state index in [-0.39, 0.29) is 0 Å². The van der Waals surface area contributed by atoms with Gasteiger partial charge in [-0.05, 0) is 0 Å². The van der Waals surface area contributed by atoms with Crippen LogP contribution >= 0.6 is 0 Å². The molecule has 8 heavy (non-hydrogen) atoms. The molecule has 0 radical (unpaired) electrons. The Labute approximate surface area is 67.8 Å². The first-order valence-electron chi connectivity index (χ1n) is 2.38. The van der Waals surface area contributed by atoms with Gasteiger partial charge in [-0.1, -0.05) is 0 Å². The second kappa shape index (κ2) is 8.06. The van der Waals surface area contributed by atoms with Crippen molar-refractivity contribution in [3.05, 3.63) is 25.3 Å². The molecule has 0 saturated carbocycles. The number of hydrogen-bond donors (Lipinski definition) is 0. The van der Waals surface area contributed by atoms with Crippen LogP contribution in [0.2, 0.25) is 8.94 Å². The number of hydrogen-bond acceptors (Lipinski definition) is 0. The third-order valence-corrected chi connectivity index (χ3v) is 11.5. The van der Waals surface area contributed by atoms with Gasteiger partial charge in [-0.3, -0.25) is 0 Å². The fraction of sp³-hybridized carbons (Fsp3) is 0.333. The van der Waals surface area contributed by atoms with Crippen molar-refractivity contribution in [1.82, 2.24) is 0 Å². The SMILES string of the molecule is C=CC[Te][Te]CC=C. The second-order valence-corrected chi connectivity index (χ2v) is 13.4. The average molecular weight is 337 g/mol. The van der Waals surface area contributed by atoms with Crippen molar-refractivity contribution in [1.29, 1.82) is 0 Å². The van der Waals surface area contributed by atoms with Gasteiger partial charge in [0, 0.05) is 0 Å². The molecule has 0 unspecified atom stereocenters. The Bertz CT molecular complexity index is 58.9. The van der Waals surface area contributed by atoms with E-state index in [4.69, 9.17) is 0 Å². The Hall–Kier alpha value is 1.06. The van der Waals surface area contributed by atoms with Crippen molar-refractivity contribution < 1.29 is 0 Å². The normalized spacial score (nSPS) is 8.50. The molecular formula is C6H10Te2. The second-order valence-electron chi connectivity index (χ2n) is 1.15. The summed E-state index contributed by atoms with van der Waals surface area (Å²) in [6.07, 6.45) is 4.10. The van der Waals surface area contributed by atoms with E-state index >= 15 is 0 Å². The zero-order valence-corrected chi connectivity index (χ0v) is 9.46. The van der Waals surface area contributed by atoms with Crippen molar-refractivity contribution >= 4 is 34.1 Å². The third-order valence-electron chi connectivity index (χ3n) is 0.455. The quantitative estimate of drug-likeness (QED) is 0.405. The van der Waals surface area contributed by atoms with Crippen LogP contribution in [0.3, 0.4) is 0 Å². The molecule has 2 heteroatoms. The van der Waals surface area contributed by atoms with Crippen molar-refractivity contribution in [2.45, 2.75) is 8.94 Å². The fourth-order valence-electron chi connectivity index (χ4n) is 0.192. The minimum atomic E-state index is 0.408. The van der Waals surface area contributed by atoms with Crippen molar-refractivity contribution in [2.75, 3.05) is 0 Å². The van der Waals surface area contributed by atoms with Crippen LogP contribution in [0.4, 0.5) is 0 Å². The molecule has 0 saturated heterocycles. The van der Waals surface area contributed by atoms with Crippen LogP contribution in [-0.4, -0.2) is 34.1 Å². The molecule has 0 heterocycles. The van der Waals surface area contributed by atoms with Crippen molar-refractivity contribution in [3.8, 4) is 0 Å². The molecule has 0 bridgehead atoms. The molecule has 0 rings (SSSR count). The summed E-state index contributed by atoms with van der Waals surface area (Å²) in [5.74, 6) is 0. The first-order chi connectivity index (χ1) is 3.91. The molecule has 0 N–H and O–H groups in total. The van der Waals surface area contributed by atoms with E-state index in [0.29, 0.717) is 34.1 Å². The summed E-state index contributed by atoms with van der Waals surface area (Å²) >= 11 is 0.816. The Morgan fingerprint density at radius 1 is 1.00 bits per heavy atom. The van der Waals surface area contributed by atoms with E-state index in [2.05, 4.69) is 25.3 Å². The zero-order chi connectivity index (χ0) is 6.24. The van der Waals surface area contributed by atoms with Gasteiger partial charge in [0.1, 0.15) is 0 Å². The van der Waals surface area contributed by atoms with Crippen LogP contribution in [0, 0.1) is 0 Å².